The summed E-state index contributed by atoms with van der Waals surface area (Å²) in [5, 5.41) is 22.1. The second-order valence-electron chi connectivity index (χ2n) is 4.17. The Morgan fingerprint density at radius 1 is 1.63 bits per heavy atom. The number of nitrogens with zero attached hydrogens (tertiary/aromatic N) is 2. The predicted octanol–water partition coefficient (Wildman–Crippen LogP) is 2.16. The molecule has 0 radical (unpaired) electrons. The third-order valence-corrected chi connectivity index (χ3v) is 2.74. The van der Waals surface area contributed by atoms with E-state index in [9.17, 15) is 19.3 Å². The monoisotopic (exact) mass is 265 g/mol. The average molecular weight is 265 g/mol. The third kappa shape index (κ3) is 3.25. The van der Waals surface area contributed by atoms with Crippen molar-refractivity contribution < 1.29 is 14.1 Å². The minimum Gasteiger partial charge on any atom is -0.334 e. The van der Waals surface area contributed by atoms with Gasteiger partial charge in [0.15, 0.2) is 0 Å². The number of benzene rings is 1. The largest absolute Gasteiger partial charge is 0.334 e. The quantitative estimate of drug-likeness (QED) is 0.666. The van der Waals surface area contributed by atoms with Gasteiger partial charge in [0.2, 0.25) is 0 Å². The molecule has 1 aromatic carbocycles. The summed E-state index contributed by atoms with van der Waals surface area (Å²) in [5.41, 5.74) is -2.06. The number of rotatable bonds is 4. The second kappa shape index (κ2) is 5.44. The van der Waals surface area contributed by atoms with Crippen LogP contribution in [-0.4, -0.2) is 16.4 Å². The van der Waals surface area contributed by atoms with E-state index in [0.29, 0.717) is 6.42 Å². The first-order valence-corrected chi connectivity index (χ1v) is 5.50. The summed E-state index contributed by atoms with van der Waals surface area (Å²) in [6.45, 7) is 3.17. The fourth-order valence-corrected chi connectivity index (χ4v) is 1.36. The third-order valence-electron chi connectivity index (χ3n) is 2.74. The molecule has 0 saturated heterocycles. The molecular weight excluding hydrogens is 253 g/mol. The molecule has 0 bridgehead atoms. The zero-order chi connectivity index (χ0) is 14.6. The summed E-state index contributed by atoms with van der Waals surface area (Å²) in [6.07, 6.45) is 0.318. The number of halogens is 1. The molecule has 19 heavy (non-hydrogen) atoms. The van der Waals surface area contributed by atoms with Crippen molar-refractivity contribution in [1.29, 1.82) is 5.26 Å². The molecule has 0 heterocycles. The lowest BCUT2D eigenvalue weighted by atomic mass is 10.00. The molecule has 100 valence electrons. The van der Waals surface area contributed by atoms with E-state index in [1.807, 2.05) is 6.07 Å². The molecule has 0 fully saturated rings. The molecule has 0 spiro atoms. The zero-order valence-electron chi connectivity index (χ0n) is 10.4. The van der Waals surface area contributed by atoms with Crippen LogP contribution in [0.15, 0.2) is 18.2 Å². The van der Waals surface area contributed by atoms with Gasteiger partial charge in [-0.3, -0.25) is 14.9 Å². The van der Waals surface area contributed by atoms with Crippen molar-refractivity contribution in [2.45, 2.75) is 25.8 Å². The summed E-state index contributed by atoms with van der Waals surface area (Å²) >= 11 is 0. The molecular formula is C12H12FN3O3. The van der Waals surface area contributed by atoms with Crippen LogP contribution in [-0.2, 0) is 0 Å². The maximum atomic E-state index is 13.1. The molecule has 1 N–H and O–H groups in total. The first kappa shape index (κ1) is 14.6. The predicted molar refractivity (Wildman–Crippen MR) is 64.8 cm³/mol. The number of nitro groups is 1. The summed E-state index contributed by atoms with van der Waals surface area (Å²) < 4.78 is 13.1. The summed E-state index contributed by atoms with van der Waals surface area (Å²) in [4.78, 5) is 21.9. The van der Waals surface area contributed by atoms with Gasteiger partial charge in [0.1, 0.15) is 16.9 Å². The van der Waals surface area contributed by atoms with Gasteiger partial charge in [-0.25, -0.2) is 4.39 Å². The van der Waals surface area contributed by atoms with Gasteiger partial charge in [-0.2, -0.15) is 5.26 Å². The molecule has 0 saturated carbocycles. The smallest absolute Gasteiger partial charge is 0.282 e. The van der Waals surface area contributed by atoms with E-state index >= 15 is 0 Å². The Kier molecular flexibility index (Phi) is 4.17. The van der Waals surface area contributed by atoms with Crippen molar-refractivity contribution in [3.8, 4) is 6.07 Å². The Morgan fingerprint density at radius 3 is 2.74 bits per heavy atom. The van der Waals surface area contributed by atoms with Crippen molar-refractivity contribution in [2.75, 3.05) is 0 Å². The van der Waals surface area contributed by atoms with Gasteiger partial charge in [-0.05, 0) is 25.5 Å². The lowest BCUT2D eigenvalue weighted by Gasteiger charge is -2.21. The normalized spacial score (nSPS) is 13.2. The van der Waals surface area contributed by atoms with Crippen molar-refractivity contribution in [3.05, 3.63) is 39.7 Å². The van der Waals surface area contributed by atoms with Crippen LogP contribution in [0.3, 0.4) is 0 Å². The maximum Gasteiger partial charge on any atom is 0.282 e. The van der Waals surface area contributed by atoms with E-state index in [1.165, 1.54) is 6.92 Å². The topological polar surface area (TPSA) is 96.0 Å². The maximum absolute atomic E-state index is 13.1. The molecule has 1 unspecified atom stereocenters. The SMILES string of the molecule is CCC(C)(C#N)NC(=O)c1cc(F)ccc1[N+](=O)[O-]. The van der Waals surface area contributed by atoms with Crippen LogP contribution in [0.1, 0.15) is 30.6 Å². The van der Waals surface area contributed by atoms with Crippen LogP contribution in [0.2, 0.25) is 0 Å². The first-order chi connectivity index (χ1) is 8.83. The van der Waals surface area contributed by atoms with E-state index in [-0.39, 0.29) is 0 Å². The first-order valence-electron chi connectivity index (χ1n) is 5.50. The molecule has 7 heteroatoms. The molecule has 1 aromatic rings. The van der Waals surface area contributed by atoms with Gasteiger partial charge in [0.05, 0.1) is 11.0 Å². The standard InChI is InChI=1S/C12H12FN3O3/c1-3-12(2,7-14)15-11(17)9-6-8(13)4-5-10(9)16(18)19/h4-6H,3H2,1-2H3,(H,15,17). The minimum absolute atomic E-state index is 0.318. The Balaban J connectivity index is 3.17. The van der Waals surface area contributed by atoms with Crippen molar-refractivity contribution in [1.82, 2.24) is 5.32 Å². The summed E-state index contributed by atoms with van der Waals surface area (Å²) in [6, 6.07) is 4.49. The molecule has 0 aliphatic heterocycles. The van der Waals surface area contributed by atoms with E-state index < -0.39 is 33.4 Å². The van der Waals surface area contributed by atoms with Crippen molar-refractivity contribution in [2.24, 2.45) is 0 Å². The fourth-order valence-electron chi connectivity index (χ4n) is 1.36. The van der Waals surface area contributed by atoms with E-state index in [1.54, 1.807) is 6.92 Å². The number of carbonyl (C=O) groups excluding carboxylic acids is 1. The van der Waals surface area contributed by atoms with Gasteiger partial charge in [0, 0.05) is 6.07 Å². The number of nitrogens with one attached hydrogen (secondary N) is 1. The minimum atomic E-state index is -1.16. The number of amides is 1. The number of nitriles is 1. The van der Waals surface area contributed by atoms with Gasteiger partial charge < -0.3 is 5.32 Å². The second-order valence-corrected chi connectivity index (χ2v) is 4.17. The van der Waals surface area contributed by atoms with E-state index in [0.717, 1.165) is 18.2 Å². The Morgan fingerprint density at radius 2 is 2.26 bits per heavy atom. The highest BCUT2D eigenvalue weighted by Crippen LogP contribution is 2.20. The number of hydrogen-bond donors (Lipinski definition) is 1. The van der Waals surface area contributed by atoms with Crippen LogP contribution in [0.25, 0.3) is 0 Å². The molecule has 0 aliphatic carbocycles. The van der Waals surface area contributed by atoms with E-state index in [4.69, 9.17) is 5.26 Å². The average Bonchev–Trinajstić information content (AvgIpc) is 2.38. The van der Waals surface area contributed by atoms with Crippen LogP contribution in [0, 0.1) is 27.3 Å². The fraction of sp³-hybridized carbons (Fsp3) is 0.333. The molecule has 6 nitrogen and oxygen atoms in total. The Bertz CT molecular complexity index is 568. The van der Waals surface area contributed by atoms with Gasteiger partial charge in [0.25, 0.3) is 11.6 Å². The molecule has 1 rings (SSSR count). The number of nitro benzene ring substituents is 1. The lowest BCUT2D eigenvalue weighted by molar-refractivity contribution is -0.385. The summed E-state index contributed by atoms with van der Waals surface area (Å²) in [5.74, 6) is -1.61. The van der Waals surface area contributed by atoms with Crippen LogP contribution < -0.4 is 5.32 Å². The Labute approximate surface area is 109 Å². The summed E-state index contributed by atoms with van der Waals surface area (Å²) in [7, 11) is 0. The van der Waals surface area contributed by atoms with E-state index in [2.05, 4.69) is 5.32 Å². The highest BCUT2D eigenvalue weighted by atomic mass is 19.1. The lowest BCUT2D eigenvalue weighted by Crippen LogP contribution is -2.44. The number of carbonyl (C=O) groups is 1. The molecule has 0 aliphatic rings. The van der Waals surface area contributed by atoms with Gasteiger partial charge >= 0.3 is 0 Å². The van der Waals surface area contributed by atoms with Crippen LogP contribution in [0.4, 0.5) is 10.1 Å². The Hall–Kier alpha value is -2.49. The van der Waals surface area contributed by atoms with Crippen LogP contribution >= 0.6 is 0 Å². The molecule has 0 aromatic heterocycles. The van der Waals surface area contributed by atoms with Gasteiger partial charge in [-0.15, -0.1) is 0 Å². The van der Waals surface area contributed by atoms with Crippen molar-refractivity contribution in [3.63, 3.8) is 0 Å². The van der Waals surface area contributed by atoms with Crippen LogP contribution in [0.5, 0.6) is 0 Å². The van der Waals surface area contributed by atoms with Gasteiger partial charge in [-0.1, -0.05) is 6.92 Å². The molecule has 1 atom stereocenters. The number of hydrogen-bond acceptors (Lipinski definition) is 4. The highest BCUT2D eigenvalue weighted by Gasteiger charge is 2.28. The molecule has 1 amide bonds. The highest BCUT2D eigenvalue weighted by molar-refractivity contribution is 5.98. The van der Waals surface area contributed by atoms with Crippen molar-refractivity contribution >= 4 is 11.6 Å². The zero-order valence-corrected chi connectivity index (χ0v) is 10.4.